The Morgan fingerprint density at radius 2 is 0.811 bits per heavy atom. The van der Waals surface area contributed by atoms with E-state index in [4.69, 9.17) is 9.47 Å². The first-order valence-electron chi connectivity index (χ1n) is 22.3. The van der Waals surface area contributed by atoms with Crippen LogP contribution in [-0.2, 0) is 19.1 Å². The molecule has 0 unspecified atom stereocenters. The molecule has 0 aliphatic carbocycles. The van der Waals surface area contributed by atoms with E-state index in [2.05, 4.69) is 74.6 Å². The molecule has 0 saturated heterocycles. The summed E-state index contributed by atoms with van der Waals surface area (Å²) in [6, 6.07) is 0. The summed E-state index contributed by atoms with van der Waals surface area (Å²) in [5.41, 5.74) is 0. The van der Waals surface area contributed by atoms with Gasteiger partial charge in [0.05, 0.1) is 6.61 Å². The highest BCUT2D eigenvalue weighted by Crippen LogP contribution is 2.16. The number of carbonyl (C=O) groups excluding carboxylic acids is 2. The van der Waals surface area contributed by atoms with E-state index in [1.165, 1.54) is 122 Å². The van der Waals surface area contributed by atoms with Crippen molar-refractivity contribution in [3.05, 3.63) is 60.8 Å². The number of aliphatic hydroxyl groups is 1. The van der Waals surface area contributed by atoms with Crippen LogP contribution in [0.3, 0.4) is 0 Å². The number of carbonyl (C=O) groups is 2. The van der Waals surface area contributed by atoms with Gasteiger partial charge in [0.2, 0.25) is 0 Å². The third kappa shape index (κ3) is 42.2. The third-order valence-corrected chi connectivity index (χ3v) is 9.58. The van der Waals surface area contributed by atoms with Gasteiger partial charge in [0.1, 0.15) is 6.61 Å². The summed E-state index contributed by atoms with van der Waals surface area (Å²) < 4.78 is 10.6. The summed E-state index contributed by atoms with van der Waals surface area (Å²) in [5, 5.41) is 9.58. The summed E-state index contributed by atoms with van der Waals surface area (Å²) in [7, 11) is 0. The third-order valence-electron chi connectivity index (χ3n) is 9.58. The van der Waals surface area contributed by atoms with Crippen molar-refractivity contribution in [1.82, 2.24) is 0 Å². The van der Waals surface area contributed by atoms with Crippen molar-refractivity contribution in [3.63, 3.8) is 0 Å². The van der Waals surface area contributed by atoms with Crippen molar-refractivity contribution < 1.29 is 24.2 Å². The summed E-state index contributed by atoms with van der Waals surface area (Å²) in [5.74, 6) is -0.655. The SMILES string of the molecule is CC/C=C/C/C=C/C/C=C/C/C=C/C/C=C/CCCC(=O)OC[C@H](CO)OC(=O)CCCCCCCCCCCCCCCCCCCCCCCC. The molecule has 5 nitrogen and oxygen atoms in total. The molecule has 306 valence electrons. The number of unbranched alkanes of at least 4 members (excludes halogenated alkanes) is 22. The minimum atomic E-state index is -0.794. The molecule has 0 fully saturated rings. The molecule has 0 heterocycles. The Balaban J connectivity index is 3.57. The fraction of sp³-hybridized carbons (Fsp3) is 0.750. The van der Waals surface area contributed by atoms with Crippen molar-refractivity contribution in [1.29, 1.82) is 0 Å². The van der Waals surface area contributed by atoms with Gasteiger partial charge in [-0.2, -0.15) is 0 Å². The Morgan fingerprint density at radius 3 is 1.21 bits per heavy atom. The topological polar surface area (TPSA) is 72.8 Å². The molecule has 1 atom stereocenters. The Kier molecular flexibility index (Phi) is 42.0. The van der Waals surface area contributed by atoms with Gasteiger partial charge in [-0.05, 0) is 51.4 Å². The number of aliphatic hydroxyl groups excluding tert-OH is 1. The maximum Gasteiger partial charge on any atom is 0.306 e. The monoisotopic (exact) mass is 741 g/mol. The highest BCUT2D eigenvalue weighted by atomic mass is 16.6. The van der Waals surface area contributed by atoms with Crippen molar-refractivity contribution >= 4 is 11.9 Å². The van der Waals surface area contributed by atoms with Gasteiger partial charge in [-0.1, -0.05) is 209 Å². The second-order valence-corrected chi connectivity index (χ2v) is 14.8. The molecule has 0 saturated carbocycles. The largest absolute Gasteiger partial charge is 0.462 e. The van der Waals surface area contributed by atoms with Crippen LogP contribution in [0.25, 0.3) is 0 Å². The van der Waals surface area contributed by atoms with Crippen LogP contribution < -0.4 is 0 Å². The second-order valence-electron chi connectivity index (χ2n) is 14.8. The van der Waals surface area contributed by atoms with Crippen LogP contribution in [0, 0.1) is 0 Å². The van der Waals surface area contributed by atoms with Gasteiger partial charge in [0.15, 0.2) is 6.10 Å². The van der Waals surface area contributed by atoms with Gasteiger partial charge < -0.3 is 14.6 Å². The first-order chi connectivity index (χ1) is 26.1. The summed E-state index contributed by atoms with van der Waals surface area (Å²) in [6.07, 6.45) is 57.3. The van der Waals surface area contributed by atoms with Crippen LogP contribution in [-0.4, -0.2) is 36.4 Å². The lowest BCUT2D eigenvalue weighted by molar-refractivity contribution is -0.161. The molecule has 0 aliphatic rings. The first-order valence-corrected chi connectivity index (χ1v) is 22.3. The lowest BCUT2D eigenvalue weighted by Crippen LogP contribution is -2.28. The van der Waals surface area contributed by atoms with Gasteiger partial charge in [-0.25, -0.2) is 0 Å². The molecule has 5 heteroatoms. The van der Waals surface area contributed by atoms with Crippen LogP contribution in [0.1, 0.15) is 213 Å². The van der Waals surface area contributed by atoms with Gasteiger partial charge >= 0.3 is 11.9 Å². The van der Waals surface area contributed by atoms with E-state index in [0.717, 1.165) is 57.8 Å². The quantitative estimate of drug-likeness (QED) is 0.0385. The predicted molar refractivity (Wildman–Crippen MR) is 228 cm³/mol. The van der Waals surface area contributed by atoms with Crippen molar-refractivity contribution in [2.45, 2.75) is 219 Å². The Bertz CT molecular complexity index is 930. The average molecular weight is 741 g/mol. The molecule has 0 rings (SSSR count). The van der Waals surface area contributed by atoms with E-state index in [-0.39, 0.29) is 25.2 Å². The maximum atomic E-state index is 12.2. The van der Waals surface area contributed by atoms with Crippen molar-refractivity contribution in [2.75, 3.05) is 13.2 Å². The smallest absolute Gasteiger partial charge is 0.306 e. The molecule has 0 aliphatic heterocycles. The maximum absolute atomic E-state index is 12.2. The van der Waals surface area contributed by atoms with E-state index < -0.39 is 6.10 Å². The molecular formula is C48H84O5. The minimum Gasteiger partial charge on any atom is -0.462 e. The number of esters is 2. The molecular weight excluding hydrogens is 657 g/mol. The second kappa shape index (κ2) is 44.0. The van der Waals surface area contributed by atoms with Crippen LogP contribution in [0.15, 0.2) is 60.8 Å². The molecule has 53 heavy (non-hydrogen) atoms. The molecule has 0 aromatic carbocycles. The average Bonchev–Trinajstić information content (AvgIpc) is 3.16. The Morgan fingerprint density at radius 1 is 0.453 bits per heavy atom. The van der Waals surface area contributed by atoms with E-state index in [0.29, 0.717) is 19.3 Å². The number of hydrogen-bond donors (Lipinski definition) is 1. The van der Waals surface area contributed by atoms with E-state index in [9.17, 15) is 14.7 Å². The van der Waals surface area contributed by atoms with Crippen LogP contribution in [0.4, 0.5) is 0 Å². The van der Waals surface area contributed by atoms with E-state index in [1.54, 1.807) is 0 Å². The zero-order chi connectivity index (χ0) is 38.6. The molecule has 0 aromatic heterocycles. The number of ether oxygens (including phenoxy) is 2. The zero-order valence-corrected chi connectivity index (χ0v) is 34.8. The van der Waals surface area contributed by atoms with E-state index >= 15 is 0 Å². The number of allylic oxidation sites excluding steroid dienone is 10. The van der Waals surface area contributed by atoms with Crippen molar-refractivity contribution in [2.24, 2.45) is 0 Å². The molecule has 1 N–H and O–H groups in total. The standard InChI is InChI=1S/C48H84O5/c1-3-5-7-9-11-13-15-17-19-21-22-23-24-25-27-29-31-33-35-37-39-41-43-48(51)53-46(44-49)45-52-47(50)42-40-38-36-34-32-30-28-26-20-18-16-14-12-10-8-6-4-2/h6,8,12,14,18,20,28,30,34,36,46,49H,3-5,7,9-11,13,15-17,19,21-27,29,31-33,35,37-45H2,1-2H3/b8-6+,14-12+,20-18+,30-28+,36-34+/t46-/m0/s1. The first kappa shape index (κ1) is 50.6. The van der Waals surface area contributed by atoms with Gasteiger partial charge in [0.25, 0.3) is 0 Å². The lowest BCUT2D eigenvalue weighted by Gasteiger charge is -2.15. The molecule has 0 spiro atoms. The van der Waals surface area contributed by atoms with Gasteiger partial charge in [-0.3, -0.25) is 9.59 Å². The fourth-order valence-corrected chi connectivity index (χ4v) is 6.24. The number of rotatable bonds is 40. The van der Waals surface area contributed by atoms with Crippen LogP contribution >= 0.6 is 0 Å². The van der Waals surface area contributed by atoms with E-state index in [1.807, 2.05) is 0 Å². The summed E-state index contributed by atoms with van der Waals surface area (Å²) >= 11 is 0. The summed E-state index contributed by atoms with van der Waals surface area (Å²) in [6.45, 7) is 3.99. The van der Waals surface area contributed by atoms with Crippen LogP contribution in [0.5, 0.6) is 0 Å². The normalized spacial score (nSPS) is 12.7. The van der Waals surface area contributed by atoms with Crippen LogP contribution in [0.2, 0.25) is 0 Å². The molecule has 0 aromatic rings. The highest BCUT2D eigenvalue weighted by molar-refractivity contribution is 5.70. The highest BCUT2D eigenvalue weighted by Gasteiger charge is 2.16. The van der Waals surface area contributed by atoms with Crippen molar-refractivity contribution in [3.8, 4) is 0 Å². The lowest BCUT2D eigenvalue weighted by atomic mass is 10.0. The Labute approximate surface area is 328 Å². The van der Waals surface area contributed by atoms with Gasteiger partial charge in [-0.15, -0.1) is 0 Å². The predicted octanol–water partition coefficient (Wildman–Crippen LogP) is 14.3. The number of hydrogen-bond acceptors (Lipinski definition) is 5. The molecule has 0 radical (unpaired) electrons. The van der Waals surface area contributed by atoms with Gasteiger partial charge in [0, 0.05) is 12.8 Å². The minimum absolute atomic E-state index is 0.0951. The Hall–Kier alpha value is -2.40. The summed E-state index contributed by atoms with van der Waals surface area (Å²) in [4.78, 5) is 24.3. The zero-order valence-electron chi connectivity index (χ0n) is 34.8. The molecule has 0 amide bonds. The fourth-order valence-electron chi connectivity index (χ4n) is 6.24. The molecule has 0 bridgehead atoms.